The molecule has 0 aromatic heterocycles. The smallest absolute Gasteiger partial charge is 0.322 e. The lowest BCUT2D eigenvalue weighted by molar-refractivity contribution is -0.145. The highest BCUT2D eigenvalue weighted by atomic mass is 16.6. The molecule has 1 aliphatic rings. The third-order valence-corrected chi connectivity index (χ3v) is 2.87. The lowest BCUT2D eigenvalue weighted by Gasteiger charge is -2.27. The number of nitrogens with one attached hydrogen (secondary N) is 1. The van der Waals surface area contributed by atoms with Crippen LogP contribution in [0.2, 0.25) is 0 Å². The zero-order valence-electron chi connectivity index (χ0n) is 10.2. The van der Waals surface area contributed by atoms with Crippen LogP contribution in [0.15, 0.2) is 0 Å². The van der Waals surface area contributed by atoms with Crippen LogP contribution in [-0.2, 0) is 19.0 Å². The first-order valence-corrected chi connectivity index (χ1v) is 5.66. The summed E-state index contributed by atoms with van der Waals surface area (Å²) in [5, 5.41) is 3.12. The van der Waals surface area contributed by atoms with E-state index in [9.17, 15) is 4.79 Å². The van der Waals surface area contributed by atoms with Crippen LogP contribution in [0.1, 0.15) is 20.3 Å². The van der Waals surface area contributed by atoms with Gasteiger partial charge in [-0.2, -0.15) is 0 Å². The molecule has 0 aliphatic carbocycles. The molecule has 5 heteroatoms. The maximum Gasteiger partial charge on any atom is 0.322 e. The summed E-state index contributed by atoms with van der Waals surface area (Å²) in [6, 6.07) is -0.312. The Kier molecular flexibility index (Phi) is 5.18. The second-order valence-corrected chi connectivity index (χ2v) is 4.04. The molecule has 16 heavy (non-hydrogen) atoms. The molecular formula is C11H21NO4. The van der Waals surface area contributed by atoms with Crippen LogP contribution in [0.5, 0.6) is 0 Å². The summed E-state index contributed by atoms with van der Waals surface area (Å²) in [5.41, 5.74) is -0.291. The number of methoxy groups -OCH3 is 1. The Labute approximate surface area is 96.4 Å². The molecule has 2 unspecified atom stereocenters. The van der Waals surface area contributed by atoms with Gasteiger partial charge in [-0.05, 0) is 13.8 Å². The van der Waals surface area contributed by atoms with Gasteiger partial charge in [0.05, 0.1) is 13.2 Å². The third-order valence-electron chi connectivity index (χ3n) is 2.87. The van der Waals surface area contributed by atoms with Crippen molar-refractivity contribution < 1.29 is 19.0 Å². The number of hydrogen-bond donors (Lipinski definition) is 1. The van der Waals surface area contributed by atoms with Crippen molar-refractivity contribution in [1.29, 1.82) is 0 Å². The van der Waals surface area contributed by atoms with E-state index in [-0.39, 0.29) is 17.6 Å². The highest BCUT2D eigenvalue weighted by Gasteiger charge is 2.35. The second kappa shape index (κ2) is 6.18. The maximum atomic E-state index is 11.4. The second-order valence-electron chi connectivity index (χ2n) is 4.04. The van der Waals surface area contributed by atoms with Crippen molar-refractivity contribution in [3.63, 3.8) is 0 Å². The van der Waals surface area contributed by atoms with Crippen molar-refractivity contribution in [3.8, 4) is 0 Å². The van der Waals surface area contributed by atoms with E-state index in [1.807, 2.05) is 0 Å². The molecule has 0 radical (unpaired) electrons. The average molecular weight is 231 g/mol. The van der Waals surface area contributed by atoms with Gasteiger partial charge in [-0.1, -0.05) is 0 Å². The lowest BCUT2D eigenvalue weighted by Crippen LogP contribution is -2.48. The summed E-state index contributed by atoms with van der Waals surface area (Å²) in [7, 11) is 1.67. The van der Waals surface area contributed by atoms with E-state index in [2.05, 4.69) is 5.32 Å². The van der Waals surface area contributed by atoms with E-state index in [1.54, 1.807) is 21.0 Å². The van der Waals surface area contributed by atoms with Crippen LogP contribution < -0.4 is 5.32 Å². The van der Waals surface area contributed by atoms with Crippen LogP contribution in [0, 0.1) is 0 Å². The molecule has 2 atom stereocenters. The van der Waals surface area contributed by atoms with E-state index in [1.165, 1.54) is 0 Å². The van der Waals surface area contributed by atoms with E-state index < -0.39 is 0 Å². The predicted molar refractivity (Wildman–Crippen MR) is 59.3 cm³/mol. The summed E-state index contributed by atoms with van der Waals surface area (Å²) in [5.74, 6) is -0.229. The van der Waals surface area contributed by atoms with Gasteiger partial charge in [0.25, 0.3) is 0 Å². The summed E-state index contributed by atoms with van der Waals surface area (Å²) in [4.78, 5) is 11.4. The van der Waals surface area contributed by atoms with Crippen LogP contribution >= 0.6 is 0 Å². The van der Waals surface area contributed by atoms with Gasteiger partial charge in [0.1, 0.15) is 11.6 Å². The van der Waals surface area contributed by atoms with E-state index >= 15 is 0 Å². The van der Waals surface area contributed by atoms with Crippen molar-refractivity contribution in [3.05, 3.63) is 0 Å². The number of carbonyl (C=O) groups is 1. The molecular weight excluding hydrogens is 210 g/mol. The SMILES string of the molecule is CCOC(=O)C(C)NCC1(OC)CCOC1. The molecule has 1 aliphatic heterocycles. The van der Waals surface area contributed by atoms with Crippen molar-refractivity contribution in [1.82, 2.24) is 5.32 Å². The predicted octanol–water partition coefficient (Wildman–Crippen LogP) is 0.333. The summed E-state index contributed by atoms with van der Waals surface area (Å²) in [6.45, 7) is 5.88. The molecule has 0 aromatic carbocycles. The highest BCUT2D eigenvalue weighted by molar-refractivity contribution is 5.75. The van der Waals surface area contributed by atoms with Crippen LogP contribution in [0.3, 0.4) is 0 Å². The van der Waals surface area contributed by atoms with Crippen molar-refractivity contribution in [2.75, 3.05) is 33.5 Å². The normalized spacial score (nSPS) is 26.7. The molecule has 0 saturated carbocycles. The van der Waals surface area contributed by atoms with E-state index in [0.29, 0.717) is 26.4 Å². The van der Waals surface area contributed by atoms with Crippen molar-refractivity contribution in [2.24, 2.45) is 0 Å². The molecule has 1 heterocycles. The number of ether oxygens (including phenoxy) is 3. The molecule has 0 amide bonds. The van der Waals surface area contributed by atoms with Gasteiger partial charge >= 0.3 is 5.97 Å². The number of hydrogen-bond acceptors (Lipinski definition) is 5. The Bertz CT molecular complexity index is 226. The molecule has 0 spiro atoms. The first kappa shape index (κ1) is 13.4. The minimum Gasteiger partial charge on any atom is -0.465 e. The first-order valence-electron chi connectivity index (χ1n) is 5.66. The molecule has 1 fully saturated rings. The maximum absolute atomic E-state index is 11.4. The topological polar surface area (TPSA) is 56.8 Å². The zero-order valence-corrected chi connectivity index (χ0v) is 10.2. The Hall–Kier alpha value is -0.650. The van der Waals surface area contributed by atoms with Gasteiger partial charge in [-0.15, -0.1) is 0 Å². The Morgan fingerprint density at radius 1 is 1.62 bits per heavy atom. The quantitative estimate of drug-likeness (QED) is 0.668. The fourth-order valence-electron chi connectivity index (χ4n) is 1.65. The fourth-order valence-corrected chi connectivity index (χ4v) is 1.65. The summed E-state index contributed by atoms with van der Waals surface area (Å²) >= 11 is 0. The number of esters is 1. The van der Waals surface area contributed by atoms with Crippen LogP contribution in [-0.4, -0.2) is 51.1 Å². The van der Waals surface area contributed by atoms with Gasteiger partial charge in [-0.3, -0.25) is 4.79 Å². The monoisotopic (exact) mass is 231 g/mol. The van der Waals surface area contributed by atoms with Gasteiger partial charge in [0, 0.05) is 26.7 Å². The molecule has 94 valence electrons. The van der Waals surface area contributed by atoms with Crippen LogP contribution in [0.25, 0.3) is 0 Å². The average Bonchev–Trinajstić information content (AvgIpc) is 2.75. The Morgan fingerprint density at radius 2 is 2.38 bits per heavy atom. The van der Waals surface area contributed by atoms with Crippen LogP contribution in [0.4, 0.5) is 0 Å². The van der Waals surface area contributed by atoms with Gasteiger partial charge in [0.2, 0.25) is 0 Å². The fraction of sp³-hybridized carbons (Fsp3) is 0.909. The molecule has 1 N–H and O–H groups in total. The van der Waals surface area contributed by atoms with Crippen molar-refractivity contribution >= 4 is 5.97 Å². The first-order chi connectivity index (χ1) is 7.63. The van der Waals surface area contributed by atoms with E-state index in [0.717, 1.165) is 6.42 Å². The Balaban J connectivity index is 2.34. The Morgan fingerprint density at radius 3 is 2.88 bits per heavy atom. The summed E-state index contributed by atoms with van der Waals surface area (Å²) < 4.78 is 15.7. The summed E-state index contributed by atoms with van der Waals surface area (Å²) in [6.07, 6.45) is 0.853. The molecule has 0 bridgehead atoms. The van der Waals surface area contributed by atoms with E-state index in [4.69, 9.17) is 14.2 Å². The highest BCUT2D eigenvalue weighted by Crippen LogP contribution is 2.21. The van der Waals surface area contributed by atoms with Crippen molar-refractivity contribution in [2.45, 2.75) is 31.9 Å². The lowest BCUT2D eigenvalue weighted by atomic mass is 10.0. The number of carbonyl (C=O) groups excluding carboxylic acids is 1. The van der Waals surface area contributed by atoms with Gasteiger partial charge in [-0.25, -0.2) is 0 Å². The minimum absolute atomic E-state index is 0.229. The minimum atomic E-state index is -0.312. The third kappa shape index (κ3) is 3.43. The largest absolute Gasteiger partial charge is 0.465 e. The molecule has 1 rings (SSSR count). The molecule has 0 aromatic rings. The number of rotatable bonds is 6. The standard InChI is InChI=1S/C11H21NO4/c1-4-16-10(13)9(2)12-7-11(14-3)5-6-15-8-11/h9,12H,4-8H2,1-3H3. The van der Waals surface area contributed by atoms with Gasteiger partial charge < -0.3 is 19.5 Å². The zero-order chi connectivity index (χ0) is 12.0. The van der Waals surface area contributed by atoms with Gasteiger partial charge in [0.15, 0.2) is 0 Å². The molecule has 1 saturated heterocycles. The molecule has 5 nitrogen and oxygen atoms in total.